The van der Waals surface area contributed by atoms with Crippen molar-refractivity contribution in [3.05, 3.63) is 29.7 Å². The lowest BCUT2D eigenvalue weighted by Crippen LogP contribution is -2.44. The van der Waals surface area contributed by atoms with Crippen molar-refractivity contribution >= 4 is 17.3 Å². The topological polar surface area (TPSA) is 50.1 Å². The smallest absolute Gasteiger partial charge is 0.358 e. The molecular formula is C18H24N4O2. The monoisotopic (exact) mass is 328 g/mol. The van der Waals surface area contributed by atoms with Crippen LogP contribution < -0.4 is 4.90 Å². The number of rotatable bonds is 4. The Kier molecular flexibility index (Phi) is 3.92. The van der Waals surface area contributed by atoms with E-state index in [1.165, 1.54) is 18.4 Å². The SMILES string of the molecule is CCOC(=O)c1cn2cc(C3CC3)cc(N3CCN(C)CC3)c2n1. The van der Waals surface area contributed by atoms with Gasteiger partial charge in [-0.15, -0.1) is 0 Å². The molecule has 2 aromatic rings. The second kappa shape index (κ2) is 6.09. The number of imidazole rings is 1. The normalized spacial score (nSPS) is 19.0. The summed E-state index contributed by atoms with van der Waals surface area (Å²) in [7, 11) is 2.15. The van der Waals surface area contributed by atoms with Gasteiger partial charge in [0, 0.05) is 38.6 Å². The van der Waals surface area contributed by atoms with E-state index in [1.54, 1.807) is 6.20 Å². The Hall–Kier alpha value is -2.08. The average Bonchev–Trinajstić information content (AvgIpc) is 3.34. The van der Waals surface area contributed by atoms with Gasteiger partial charge in [0.25, 0.3) is 0 Å². The van der Waals surface area contributed by atoms with Crippen molar-refractivity contribution in [3.63, 3.8) is 0 Å². The number of pyridine rings is 1. The van der Waals surface area contributed by atoms with E-state index < -0.39 is 0 Å². The molecule has 0 N–H and O–H groups in total. The van der Waals surface area contributed by atoms with Gasteiger partial charge in [-0.25, -0.2) is 9.78 Å². The fraction of sp³-hybridized carbons (Fsp3) is 0.556. The molecule has 2 aliphatic rings. The fourth-order valence-electron chi connectivity index (χ4n) is 3.33. The quantitative estimate of drug-likeness (QED) is 0.805. The van der Waals surface area contributed by atoms with Crippen LogP contribution in [0.25, 0.3) is 5.65 Å². The molecule has 0 spiro atoms. The minimum absolute atomic E-state index is 0.349. The van der Waals surface area contributed by atoms with Gasteiger partial charge in [-0.1, -0.05) is 0 Å². The number of carbonyl (C=O) groups is 1. The van der Waals surface area contributed by atoms with Crippen molar-refractivity contribution in [1.29, 1.82) is 0 Å². The fourth-order valence-corrected chi connectivity index (χ4v) is 3.33. The molecule has 0 radical (unpaired) electrons. The number of fused-ring (bicyclic) bond motifs is 1. The Balaban J connectivity index is 1.76. The lowest BCUT2D eigenvalue weighted by Gasteiger charge is -2.34. The minimum atomic E-state index is -0.349. The van der Waals surface area contributed by atoms with E-state index >= 15 is 0 Å². The summed E-state index contributed by atoms with van der Waals surface area (Å²) < 4.78 is 7.12. The van der Waals surface area contributed by atoms with Gasteiger partial charge in [-0.05, 0) is 44.4 Å². The van der Waals surface area contributed by atoms with Crippen molar-refractivity contribution in [3.8, 4) is 0 Å². The number of hydrogen-bond acceptors (Lipinski definition) is 5. The largest absolute Gasteiger partial charge is 0.461 e. The highest BCUT2D eigenvalue weighted by atomic mass is 16.5. The Labute approximate surface area is 142 Å². The second-order valence-electron chi connectivity index (χ2n) is 6.80. The molecule has 24 heavy (non-hydrogen) atoms. The molecule has 1 aliphatic heterocycles. The van der Waals surface area contributed by atoms with E-state index in [-0.39, 0.29) is 5.97 Å². The predicted octanol–water partition coefficient (Wildman–Crippen LogP) is 2.14. The second-order valence-corrected chi connectivity index (χ2v) is 6.80. The molecule has 0 unspecified atom stereocenters. The van der Waals surface area contributed by atoms with Gasteiger partial charge >= 0.3 is 5.97 Å². The first kappa shape index (κ1) is 15.4. The number of ether oxygens (including phenoxy) is 1. The number of nitrogens with zero attached hydrogens (tertiary/aromatic N) is 4. The number of esters is 1. The van der Waals surface area contributed by atoms with Crippen molar-refractivity contribution in [2.75, 3.05) is 44.7 Å². The molecule has 128 valence electrons. The zero-order valence-corrected chi connectivity index (χ0v) is 14.4. The first-order chi connectivity index (χ1) is 11.7. The summed E-state index contributed by atoms with van der Waals surface area (Å²) in [4.78, 5) is 21.4. The number of hydrogen-bond donors (Lipinski definition) is 0. The predicted molar refractivity (Wildman–Crippen MR) is 92.8 cm³/mol. The Morgan fingerprint density at radius 1 is 1.25 bits per heavy atom. The molecule has 4 rings (SSSR count). The van der Waals surface area contributed by atoms with E-state index in [4.69, 9.17) is 4.74 Å². The first-order valence-electron chi connectivity index (χ1n) is 8.79. The van der Waals surface area contributed by atoms with Crippen molar-refractivity contribution in [2.45, 2.75) is 25.7 Å². The molecule has 0 amide bonds. The minimum Gasteiger partial charge on any atom is -0.461 e. The molecule has 0 aromatic carbocycles. The number of likely N-dealkylation sites (N-methyl/N-ethyl adjacent to an activating group) is 1. The molecule has 1 aliphatic carbocycles. The summed E-state index contributed by atoms with van der Waals surface area (Å²) in [5.74, 6) is 0.313. The summed E-state index contributed by atoms with van der Waals surface area (Å²) in [6.07, 6.45) is 6.45. The van der Waals surface area contributed by atoms with E-state index in [0.717, 1.165) is 37.5 Å². The summed E-state index contributed by atoms with van der Waals surface area (Å²) in [5, 5.41) is 0. The molecule has 1 saturated heterocycles. The highest BCUT2D eigenvalue weighted by Crippen LogP contribution is 2.41. The molecule has 3 heterocycles. The maximum Gasteiger partial charge on any atom is 0.358 e. The van der Waals surface area contributed by atoms with E-state index in [0.29, 0.717) is 18.2 Å². The molecule has 0 bridgehead atoms. The van der Waals surface area contributed by atoms with Gasteiger partial charge in [0.2, 0.25) is 0 Å². The van der Waals surface area contributed by atoms with Crippen molar-refractivity contribution in [1.82, 2.24) is 14.3 Å². The van der Waals surface area contributed by atoms with Gasteiger partial charge in [0.15, 0.2) is 11.3 Å². The summed E-state index contributed by atoms with van der Waals surface area (Å²) in [6.45, 7) is 6.25. The van der Waals surface area contributed by atoms with Gasteiger partial charge < -0.3 is 18.9 Å². The van der Waals surface area contributed by atoms with Crippen LogP contribution in [0.4, 0.5) is 5.69 Å². The van der Waals surface area contributed by atoms with E-state index in [1.807, 2.05) is 11.3 Å². The number of aromatic nitrogens is 2. The van der Waals surface area contributed by atoms with Crippen LogP contribution >= 0.6 is 0 Å². The number of anilines is 1. The zero-order chi connectivity index (χ0) is 16.7. The molecule has 0 atom stereocenters. The highest BCUT2D eigenvalue weighted by Gasteiger charge is 2.27. The van der Waals surface area contributed by atoms with E-state index in [2.05, 4.69) is 34.1 Å². The zero-order valence-electron chi connectivity index (χ0n) is 14.4. The van der Waals surface area contributed by atoms with Gasteiger partial charge in [-0.3, -0.25) is 0 Å². The van der Waals surface area contributed by atoms with Gasteiger partial charge in [0.05, 0.1) is 12.3 Å². The standard InChI is InChI=1S/C18H24N4O2/c1-3-24-18(23)15-12-22-11-14(13-4-5-13)10-16(17(22)19-15)21-8-6-20(2)7-9-21/h10-13H,3-9H2,1-2H3. The first-order valence-corrected chi connectivity index (χ1v) is 8.79. The summed E-state index contributed by atoms with van der Waals surface area (Å²) in [6, 6.07) is 2.28. The average molecular weight is 328 g/mol. The molecule has 2 aromatic heterocycles. The summed E-state index contributed by atoms with van der Waals surface area (Å²) in [5.41, 5.74) is 3.74. The molecular weight excluding hydrogens is 304 g/mol. The van der Waals surface area contributed by atoms with Gasteiger partial charge in [-0.2, -0.15) is 0 Å². The number of piperazine rings is 1. The lowest BCUT2D eigenvalue weighted by atomic mass is 10.1. The van der Waals surface area contributed by atoms with Crippen LogP contribution in [0.1, 0.15) is 41.7 Å². The third-order valence-electron chi connectivity index (χ3n) is 4.93. The van der Waals surface area contributed by atoms with Crippen molar-refractivity contribution < 1.29 is 9.53 Å². The molecule has 6 nitrogen and oxygen atoms in total. The van der Waals surface area contributed by atoms with Crippen LogP contribution in [0.2, 0.25) is 0 Å². The van der Waals surface area contributed by atoms with Crippen LogP contribution in [-0.2, 0) is 4.74 Å². The van der Waals surface area contributed by atoms with Crippen LogP contribution in [-0.4, -0.2) is 60.1 Å². The van der Waals surface area contributed by atoms with Crippen LogP contribution in [0.15, 0.2) is 18.5 Å². The Morgan fingerprint density at radius 2 is 2.00 bits per heavy atom. The van der Waals surface area contributed by atoms with Crippen LogP contribution in [0, 0.1) is 0 Å². The molecule has 2 fully saturated rings. The molecule has 6 heteroatoms. The maximum atomic E-state index is 12.1. The summed E-state index contributed by atoms with van der Waals surface area (Å²) >= 11 is 0. The third-order valence-corrected chi connectivity index (χ3v) is 4.93. The van der Waals surface area contributed by atoms with E-state index in [9.17, 15) is 4.79 Å². The van der Waals surface area contributed by atoms with Gasteiger partial charge in [0.1, 0.15) is 0 Å². The van der Waals surface area contributed by atoms with Crippen LogP contribution in [0.5, 0.6) is 0 Å². The lowest BCUT2D eigenvalue weighted by molar-refractivity contribution is 0.0520. The Morgan fingerprint density at radius 3 is 2.67 bits per heavy atom. The Bertz CT molecular complexity index is 758. The number of carbonyl (C=O) groups excluding carboxylic acids is 1. The third kappa shape index (κ3) is 2.86. The van der Waals surface area contributed by atoms with Crippen molar-refractivity contribution in [2.24, 2.45) is 0 Å². The molecule has 1 saturated carbocycles. The maximum absolute atomic E-state index is 12.1. The highest BCUT2D eigenvalue weighted by molar-refractivity contribution is 5.89. The van der Waals surface area contributed by atoms with Crippen LogP contribution in [0.3, 0.4) is 0 Å².